The highest BCUT2D eigenvalue weighted by Crippen LogP contribution is 2.32. The number of benzene rings is 2. The second-order valence-corrected chi connectivity index (χ2v) is 7.68. The number of rotatable bonds is 4. The summed E-state index contributed by atoms with van der Waals surface area (Å²) in [5, 5.41) is 0.423. The van der Waals surface area contributed by atoms with Gasteiger partial charge in [0.25, 0.3) is 0 Å². The van der Waals surface area contributed by atoms with Crippen LogP contribution in [0, 0.1) is 6.92 Å². The molecule has 3 aromatic rings. The average Bonchev–Trinajstić information content (AvgIpc) is 2.68. The van der Waals surface area contributed by atoms with Gasteiger partial charge >= 0.3 is 5.97 Å². The fourth-order valence-corrected chi connectivity index (χ4v) is 3.04. The van der Waals surface area contributed by atoms with Crippen molar-refractivity contribution in [1.29, 1.82) is 0 Å². The zero-order valence-electron chi connectivity index (χ0n) is 17.2. The van der Waals surface area contributed by atoms with Gasteiger partial charge < -0.3 is 13.9 Å². The lowest BCUT2D eigenvalue weighted by molar-refractivity contribution is -0.148. The van der Waals surface area contributed by atoms with Crippen LogP contribution in [0.2, 0.25) is 0 Å². The summed E-state index contributed by atoms with van der Waals surface area (Å²) in [5.41, 5.74) is 1.46. The molecule has 0 aliphatic rings. The normalized spacial score (nSPS) is 11.8. The van der Waals surface area contributed by atoms with Crippen LogP contribution in [0.4, 0.5) is 0 Å². The van der Waals surface area contributed by atoms with Gasteiger partial charge in [-0.25, -0.2) is 4.79 Å². The van der Waals surface area contributed by atoms with Crippen LogP contribution in [0.15, 0.2) is 57.8 Å². The molecule has 0 bridgehead atoms. The molecule has 5 heteroatoms. The summed E-state index contributed by atoms with van der Waals surface area (Å²) in [6.07, 6.45) is 2.87. The molecule has 0 atom stereocenters. The van der Waals surface area contributed by atoms with E-state index in [9.17, 15) is 9.59 Å². The van der Waals surface area contributed by atoms with E-state index in [4.69, 9.17) is 13.9 Å². The second-order valence-electron chi connectivity index (χ2n) is 7.68. The lowest BCUT2D eigenvalue weighted by Gasteiger charge is -2.18. The number of esters is 1. The van der Waals surface area contributed by atoms with Crippen LogP contribution in [0.25, 0.3) is 28.4 Å². The molecule has 0 aliphatic heterocycles. The molecule has 0 unspecified atom stereocenters. The van der Waals surface area contributed by atoms with E-state index in [1.807, 2.05) is 30.3 Å². The molecule has 0 spiro atoms. The van der Waals surface area contributed by atoms with Crippen LogP contribution in [0.5, 0.6) is 5.75 Å². The minimum Gasteiger partial charge on any atom is -0.496 e. The Labute approximate surface area is 169 Å². The first-order chi connectivity index (χ1) is 13.7. The first-order valence-electron chi connectivity index (χ1n) is 9.32. The van der Waals surface area contributed by atoms with Crippen molar-refractivity contribution >= 4 is 23.0 Å². The molecule has 0 saturated carbocycles. The maximum atomic E-state index is 13.0. The topological polar surface area (TPSA) is 65.7 Å². The molecular weight excluding hydrogens is 368 g/mol. The lowest BCUT2D eigenvalue weighted by atomic mass is 10.0. The van der Waals surface area contributed by atoms with Crippen molar-refractivity contribution in [3.63, 3.8) is 0 Å². The summed E-state index contributed by atoms with van der Waals surface area (Å²) in [6, 6.07) is 12.8. The summed E-state index contributed by atoms with van der Waals surface area (Å²) < 4.78 is 16.9. The highest BCUT2D eigenvalue weighted by molar-refractivity contribution is 5.95. The molecule has 29 heavy (non-hydrogen) atoms. The molecule has 0 saturated heterocycles. The van der Waals surface area contributed by atoms with Gasteiger partial charge in [-0.2, -0.15) is 0 Å². The number of ether oxygens (including phenoxy) is 2. The number of fused-ring (bicyclic) bond motifs is 1. The van der Waals surface area contributed by atoms with E-state index in [0.717, 1.165) is 5.56 Å². The third-order valence-corrected chi connectivity index (χ3v) is 4.33. The Morgan fingerprint density at radius 3 is 2.38 bits per heavy atom. The lowest BCUT2D eigenvalue weighted by Crippen LogP contribution is -2.22. The Balaban J connectivity index is 2.21. The molecule has 0 amide bonds. The van der Waals surface area contributed by atoms with Gasteiger partial charge in [0.05, 0.1) is 18.1 Å². The van der Waals surface area contributed by atoms with Crippen molar-refractivity contribution < 1.29 is 18.7 Å². The third-order valence-electron chi connectivity index (χ3n) is 4.33. The van der Waals surface area contributed by atoms with Gasteiger partial charge in [-0.15, -0.1) is 0 Å². The molecule has 2 aromatic carbocycles. The molecule has 150 valence electrons. The Bertz CT molecular complexity index is 1130. The number of carbonyl (C=O) groups is 1. The van der Waals surface area contributed by atoms with Crippen LogP contribution in [0.3, 0.4) is 0 Å². The molecule has 0 N–H and O–H groups in total. The van der Waals surface area contributed by atoms with E-state index in [0.29, 0.717) is 33.6 Å². The Morgan fingerprint density at radius 1 is 1.07 bits per heavy atom. The van der Waals surface area contributed by atoms with Crippen molar-refractivity contribution in [3.05, 3.63) is 69.9 Å². The minimum absolute atomic E-state index is 0.125. The van der Waals surface area contributed by atoms with Crippen molar-refractivity contribution in [3.8, 4) is 17.1 Å². The van der Waals surface area contributed by atoms with E-state index in [2.05, 4.69) is 0 Å². The van der Waals surface area contributed by atoms with E-state index < -0.39 is 11.6 Å². The van der Waals surface area contributed by atoms with E-state index in [1.165, 1.54) is 13.2 Å². The van der Waals surface area contributed by atoms with Crippen molar-refractivity contribution in [2.45, 2.75) is 33.3 Å². The summed E-state index contributed by atoms with van der Waals surface area (Å²) in [4.78, 5) is 25.1. The van der Waals surface area contributed by atoms with Crippen LogP contribution >= 0.6 is 0 Å². The van der Waals surface area contributed by atoms with Gasteiger partial charge in [0.15, 0.2) is 5.43 Å². The molecule has 0 aliphatic carbocycles. The average molecular weight is 392 g/mol. The quantitative estimate of drug-likeness (QED) is 0.455. The molecular formula is C24H24O5. The first-order valence-corrected chi connectivity index (χ1v) is 9.32. The van der Waals surface area contributed by atoms with Crippen molar-refractivity contribution in [1.82, 2.24) is 0 Å². The van der Waals surface area contributed by atoms with E-state index >= 15 is 0 Å². The second kappa shape index (κ2) is 7.95. The Morgan fingerprint density at radius 2 is 1.76 bits per heavy atom. The predicted molar refractivity (Wildman–Crippen MR) is 114 cm³/mol. The molecule has 0 fully saturated rings. The number of methoxy groups -OCH3 is 1. The molecule has 1 aromatic heterocycles. The third kappa shape index (κ3) is 4.40. The summed E-state index contributed by atoms with van der Waals surface area (Å²) in [6.45, 7) is 7.13. The fourth-order valence-electron chi connectivity index (χ4n) is 3.04. The highest BCUT2D eigenvalue weighted by Gasteiger charge is 2.18. The zero-order chi connectivity index (χ0) is 21.2. The van der Waals surface area contributed by atoms with E-state index in [-0.39, 0.29) is 5.43 Å². The molecule has 0 radical (unpaired) electrons. The predicted octanol–water partition coefficient (Wildman–Crippen LogP) is 5.13. The van der Waals surface area contributed by atoms with Crippen LogP contribution < -0.4 is 10.2 Å². The maximum absolute atomic E-state index is 13.0. The van der Waals surface area contributed by atoms with Crippen LogP contribution in [-0.4, -0.2) is 18.7 Å². The van der Waals surface area contributed by atoms with Crippen molar-refractivity contribution in [2.75, 3.05) is 7.11 Å². The fraction of sp³-hybridized carbons (Fsp3) is 0.250. The van der Waals surface area contributed by atoms with Crippen molar-refractivity contribution in [2.24, 2.45) is 0 Å². The summed E-state index contributed by atoms with van der Waals surface area (Å²) in [7, 11) is 1.52. The molecule has 1 heterocycles. The smallest absolute Gasteiger partial charge is 0.331 e. The number of hydrogen-bond donors (Lipinski definition) is 0. The minimum atomic E-state index is -0.603. The van der Waals surface area contributed by atoms with Gasteiger partial charge in [-0.1, -0.05) is 30.3 Å². The zero-order valence-corrected chi connectivity index (χ0v) is 17.2. The van der Waals surface area contributed by atoms with Gasteiger partial charge in [0.2, 0.25) is 0 Å². The Kier molecular flexibility index (Phi) is 5.59. The van der Waals surface area contributed by atoms with Gasteiger partial charge in [0, 0.05) is 17.2 Å². The monoisotopic (exact) mass is 392 g/mol. The maximum Gasteiger partial charge on any atom is 0.331 e. The van der Waals surface area contributed by atoms with Crippen LogP contribution in [0.1, 0.15) is 31.9 Å². The molecule has 5 nitrogen and oxygen atoms in total. The molecule has 3 rings (SSSR count). The van der Waals surface area contributed by atoms with Crippen LogP contribution in [-0.2, 0) is 9.53 Å². The van der Waals surface area contributed by atoms with E-state index in [1.54, 1.807) is 45.9 Å². The highest BCUT2D eigenvalue weighted by atomic mass is 16.6. The summed E-state index contributed by atoms with van der Waals surface area (Å²) >= 11 is 0. The van der Waals surface area contributed by atoms with Gasteiger partial charge in [0.1, 0.15) is 22.7 Å². The summed E-state index contributed by atoms with van der Waals surface area (Å²) in [5.74, 6) is 0.487. The Hall–Kier alpha value is -3.34. The number of carbonyl (C=O) groups excluding carboxylic acids is 1. The van der Waals surface area contributed by atoms with Gasteiger partial charge in [-0.05, 0) is 45.9 Å². The van der Waals surface area contributed by atoms with Gasteiger partial charge in [-0.3, -0.25) is 4.79 Å². The SMILES string of the molecule is COc1ccc2c(=O)c(C)c(-c3ccccc3)oc2c1/C=C/C(=O)OC(C)(C)C. The largest absolute Gasteiger partial charge is 0.496 e. The first kappa shape index (κ1) is 20.4. The number of hydrogen-bond acceptors (Lipinski definition) is 5. The standard InChI is InChI=1S/C24H24O5/c1-15-21(26)18-11-13-19(27-5)17(12-14-20(25)29-24(2,3)4)23(18)28-22(15)16-9-7-6-8-10-16/h6-14H,1-5H3/b14-12+.